The number of rotatable bonds is 6. The second-order valence-corrected chi connectivity index (χ2v) is 5.86. The molecule has 1 saturated heterocycles. The number of carbonyl (C=O) groups is 2. The van der Waals surface area contributed by atoms with Crippen molar-refractivity contribution in [3.63, 3.8) is 0 Å². The largest absolute Gasteiger partial charge is 0.343 e. The first kappa shape index (κ1) is 15.3. The predicted molar refractivity (Wildman–Crippen MR) is 75.6 cm³/mol. The molecule has 5 heteroatoms. The maximum atomic E-state index is 12.3. The molecule has 0 spiro atoms. The number of piperazine rings is 1. The minimum Gasteiger partial charge on any atom is -0.343 e. The molecule has 3 atom stereocenters. The summed E-state index contributed by atoms with van der Waals surface area (Å²) < 4.78 is 0. The number of hydrogen-bond donors (Lipinski definition) is 1. The van der Waals surface area contributed by atoms with Crippen LogP contribution < -0.4 is 5.32 Å². The molecule has 0 saturated carbocycles. The summed E-state index contributed by atoms with van der Waals surface area (Å²) in [4.78, 5) is 26.1. The summed E-state index contributed by atoms with van der Waals surface area (Å²) in [5.41, 5.74) is 0. The van der Waals surface area contributed by atoms with Gasteiger partial charge >= 0.3 is 0 Å². The lowest BCUT2D eigenvalue weighted by Gasteiger charge is -2.39. The van der Waals surface area contributed by atoms with Crippen LogP contribution in [0.25, 0.3) is 0 Å². The van der Waals surface area contributed by atoms with E-state index >= 15 is 0 Å². The van der Waals surface area contributed by atoms with E-state index in [-0.39, 0.29) is 23.9 Å². The fourth-order valence-corrected chi connectivity index (χ4v) is 3.07. The summed E-state index contributed by atoms with van der Waals surface area (Å²) in [5.74, 6) is 1.51. The molecule has 1 fully saturated rings. The molecule has 1 aliphatic rings. The van der Waals surface area contributed by atoms with E-state index < -0.39 is 0 Å². The minimum absolute atomic E-state index is 0.000279. The molecule has 1 N–H and O–H groups in total. The van der Waals surface area contributed by atoms with Crippen molar-refractivity contribution >= 4 is 23.6 Å². The van der Waals surface area contributed by atoms with Gasteiger partial charge in [0.15, 0.2) is 0 Å². The minimum atomic E-state index is -0.332. The van der Waals surface area contributed by atoms with Crippen LogP contribution in [-0.4, -0.2) is 47.4 Å². The summed E-state index contributed by atoms with van der Waals surface area (Å²) in [7, 11) is 0. The normalized spacial score (nSPS) is 26.1. The Kier molecular flexibility index (Phi) is 5.99. The predicted octanol–water partition coefficient (Wildman–Crippen LogP) is 1.50. The SMILES string of the molecule is CCC1NC(=O)C(CC)N(CC(C)CSC)C1=O. The van der Waals surface area contributed by atoms with Gasteiger partial charge in [-0.25, -0.2) is 0 Å². The number of nitrogens with zero attached hydrogens (tertiary/aromatic N) is 1. The summed E-state index contributed by atoms with van der Waals surface area (Å²) in [6.45, 7) is 6.70. The van der Waals surface area contributed by atoms with Crippen molar-refractivity contribution in [2.24, 2.45) is 5.92 Å². The van der Waals surface area contributed by atoms with E-state index in [1.165, 1.54) is 0 Å². The Morgan fingerprint density at radius 1 is 1.33 bits per heavy atom. The lowest BCUT2D eigenvalue weighted by atomic mass is 10.0. The molecule has 1 heterocycles. The summed E-state index contributed by atoms with van der Waals surface area (Å²) in [6.07, 6.45) is 3.40. The number of nitrogens with one attached hydrogen (secondary N) is 1. The Balaban J connectivity index is 2.79. The maximum Gasteiger partial charge on any atom is 0.245 e. The highest BCUT2D eigenvalue weighted by Crippen LogP contribution is 2.18. The fraction of sp³-hybridized carbons (Fsp3) is 0.846. The molecule has 1 rings (SSSR count). The molecule has 2 amide bonds. The zero-order valence-electron chi connectivity index (χ0n) is 11.7. The molecule has 0 aromatic rings. The number of carbonyl (C=O) groups excluding carboxylic acids is 2. The Morgan fingerprint density at radius 3 is 2.50 bits per heavy atom. The van der Waals surface area contributed by atoms with Crippen LogP contribution in [0.15, 0.2) is 0 Å². The molecule has 104 valence electrons. The van der Waals surface area contributed by atoms with E-state index in [4.69, 9.17) is 0 Å². The smallest absolute Gasteiger partial charge is 0.245 e. The topological polar surface area (TPSA) is 49.4 Å². The Labute approximate surface area is 114 Å². The van der Waals surface area contributed by atoms with Gasteiger partial charge in [-0.2, -0.15) is 11.8 Å². The average Bonchev–Trinajstić information content (AvgIpc) is 2.34. The third-order valence-corrected chi connectivity index (χ3v) is 4.23. The monoisotopic (exact) mass is 272 g/mol. The van der Waals surface area contributed by atoms with Crippen LogP contribution in [0.4, 0.5) is 0 Å². The standard InChI is InChI=1S/C13H24N2O2S/c1-5-10-13(17)15(7-9(3)8-18-4)11(6-2)12(16)14-10/h9-11H,5-8H2,1-4H3,(H,14,16). The highest BCUT2D eigenvalue weighted by atomic mass is 32.2. The summed E-state index contributed by atoms with van der Waals surface area (Å²) >= 11 is 1.78. The van der Waals surface area contributed by atoms with Crippen LogP contribution in [0.3, 0.4) is 0 Å². The summed E-state index contributed by atoms with van der Waals surface area (Å²) in [6, 6.07) is -0.619. The van der Waals surface area contributed by atoms with Crippen LogP contribution in [0.1, 0.15) is 33.6 Å². The number of amides is 2. The molecule has 0 aromatic carbocycles. The molecule has 18 heavy (non-hydrogen) atoms. The quantitative estimate of drug-likeness (QED) is 0.797. The Morgan fingerprint density at radius 2 is 2.00 bits per heavy atom. The van der Waals surface area contributed by atoms with Crippen molar-refractivity contribution in [3.05, 3.63) is 0 Å². The van der Waals surface area contributed by atoms with Gasteiger partial charge in [0.2, 0.25) is 11.8 Å². The van der Waals surface area contributed by atoms with Gasteiger partial charge in [-0.1, -0.05) is 20.8 Å². The lowest BCUT2D eigenvalue weighted by molar-refractivity contribution is -0.150. The molecular formula is C13H24N2O2S. The lowest BCUT2D eigenvalue weighted by Crippen LogP contribution is -2.63. The molecule has 0 bridgehead atoms. The number of hydrogen-bond acceptors (Lipinski definition) is 3. The van der Waals surface area contributed by atoms with Crippen molar-refractivity contribution in [2.75, 3.05) is 18.6 Å². The van der Waals surface area contributed by atoms with Gasteiger partial charge < -0.3 is 10.2 Å². The number of thioether (sulfide) groups is 1. The molecule has 1 aliphatic heterocycles. The van der Waals surface area contributed by atoms with Crippen molar-refractivity contribution in [1.29, 1.82) is 0 Å². The van der Waals surface area contributed by atoms with Crippen LogP contribution in [0, 0.1) is 5.92 Å². The van der Waals surface area contributed by atoms with Crippen molar-refractivity contribution < 1.29 is 9.59 Å². The second-order valence-electron chi connectivity index (χ2n) is 4.94. The zero-order chi connectivity index (χ0) is 13.7. The van der Waals surface area contributed by atoms with E-state index in [1.54, 1.807) is 16.7 Å². The van der Waals surface area contributed by atoms with Gasteiger partial charge in [-0.3, -0.25) is 9.59 Å². The third kappa shape index (κ3) is 3.40. The van der Waals surface area contributed by atoms with Crippen molar-refractivity contribution in [2.45, 2.75) is 45.7 Å². The molecule has 0 aliphatic carbocycles. The first-order valence-electron chi connectivity index (χ1n) is 6.64. The van der Waals surface area contributed by atoms with E-state index in [0.29, 0.717) is 25.3 Å². The first-order valence-corrected chi connectivity index (χ1v) is 8.04. The highest BCUT2D eigenvalue weighted by molar-refractivity contribution is 7.98. The van der Waals surface area contributed by atoms with Crippen LogP contribution in [0.2, 0.25) is 0 Å². The van der Waals surface area contributed by atoms with E-state index in [9.17, 15) is 9.59 Å². The zero-order valence-corrected chi connectivity index (χ0v) is 12.5. The van der Waals surface area contributed by atoms with Crippen LogP contribution in [-0.2, 0) is 9.59 Å². The fourth-order valence-electron chi connectivity index (χ4n) is 2.40. The van der Waals surface area contributed by atoms with Gasteiger partial charge in [-0.05, 0) is 30.8 Å². The Bertz CT molecular complexity index is 309. The van der Waals surface area contributed by atoms with Gasteiger partial charge in [0.05, 0.1) is 0 Å². The van der Waals surface area contributed by atoms with E-state index in [2.05, 4.69) is 18.5 Å². The molecule has 0 radical (unpaired) electrons. The first-order chi connectivity index (χ1) is 8.54. The van der Waals surface area contributed by atoms with Gasteiger partial charge in [0.1, 0.15) is 12.1 Å². The van der Waals surface area contributed by atoms with Crippen LogP contribution in [0.5, 0.6) is 0 Å². The molecular weight excluding hydrogens is 248 g/mol. The third-order valence-electron chi connectivity index (χ3n) is 3.33. The van der Waals surface area contributed by atoms with Gasteiger partial charge in [-0.15, -0.1) is 0 Å². The molecule has 3 unspecified atom stereocenters. The maximum absolute atomic E-state index is 12.3. The summed E-state index contributed by atoms with van der Waals surface area (Å²) in [5, 5.41) is 2.82. The average molecular weight is 272 g/mol. The van der Waals surface area contributed by atoms with Gasteiger partial charge in [0, 0.05) is 6.54 Å². The highest BCUT2D eigenvalue weighted by Gasteiger charge is 2.38. The Hall–Kier alpha value is -0.710. The van der Waals surface area contributed by atoms with Crippen molar-refractivity contribution in [3.8, 4) is 0 Å². The second kappa shape index (κ2) is 7.02. The van der Waals surface area contributed by atoms with E-state index in [0.717, 1.165) is 5.75 Å². The van der Waals surface area contributed by atoms with Crippen LogP contribution >= 0.6 is 11.8 Å². The van der Waals surface area contributed by atoms with Crippen molar-refractivity contribution in [1.82, 2.24) is 10.2 Å². The molecule has 4 nitrogen and oxygen atoms in total. The van der Waals surface area contributed by atoms with E-state index in [1.807, 2.05) is 13.8 Å². The molecule has 0 aromatic heterocycles. The van der Waals surface area contributed by atoms with Gasteiger partial charge in [0.25, 0.3) is 0 Å².